The quantitative estimate of drug-likeness (QED) is 0.0760. The van der Waals surface area contributed by atoms with Gasteiger partial charge in [-0.3, -0.25) is 13.7 Å². The van der Waals surface area contributed by atoms with Crippen LogP contribution in [0.2, 0.25) is 5.28 Å². The maximum Gasteiger partial charge on any atom is 0.335 e. The first-order chi connectivity index (χ1) is 20.9. The van der Waals surface area contributed by atoms with Crippen LogP contribution in [0.4, 0.5) is 11.5 Å². The molecule has 7 rings (SSSR count). The lowest BCUT2D eigenvalue weighted by atomic mass is 9.93. The van der Waals surface area contributed by atoms with Crippen LogP contribution < -0.4 is 5.32 Å². The number of fused-ring (bicyclic) bond motifs is 1. The largest absolute Gasteiger partial charge is 0.388 e. The highest BCUT2D eigenvalue weighted by atomic mass is 35.5. The molecule has 5 unspecified atom stereocenters. The van der Waals surface area contributed by atoms with E-state index in [1.165, 1.54) is 10.9 Å². The lowest BCUT2D eigenvalue weighted by Crippen LogP contribution is -2.32. The molecule has 1 fully saturated rings. The van der Waals surface area contributed by atoms with E-state index in [-0.39, 0.29) is 17.4 Å². The minimum absolute atomic E-state index is 0.109. The molecule has 228 valence electrons. The molecule has 0 saturated carbocycles. The summed E-state index contributed by atoms with van der Waals surface area (Å²) >= 11 is 6.34. The number of nitrogens with zero attached hydrogens (tertiary/aromatic N) is 4. The summed E-state index contributed by atoms with van der Waals surface area (Å²) in [5, 5.41) is 31.3. The molecule has 44 heavy (non-hydrogen) atoms. The van der Waals surface area contributed by atoms with E-state index in [0.29, 0.717) is 11.3 Å². The molecule has 1 aliphatic rings. The number of benzene rings is 4. The van der Waals surface area contributed by atoms with Crippen molar-refractivity contribution in [2.24, 2.45) is 0 Å². The van der Waals surface area contributed by atoms with Gasteiger partial charge in [-0.15, -0.1) is 0 Å². The Labute approximate surface area is 254 Å². The summed E-state index contributed by atoms with van der Waals surface area (Å²) in [6.07, 6.45) is -4.61. The highest BCUT2D eigenvalue weighted by Gasteiger charge is 2.45. The molecular formula is C28H26ClN5O8P2. The van der Waals surface area contributed by atoms with Gasteiger partial charge in [0.2, 0.25) is 12.7 Å². The van der Waals surface area contributed by atoms with Gasteiger partial charge in [0.15, 0.2) is 23.2 Å². The van der Waals surface area contributed by atoms with Gasteiger partial charge in [-0.2, -0.15) is 9.97 Å². The third-order valence-electron chi connectivity index (χ3n) is 7.96. The van der Waals surface area contributed by atoms with Crippen molar-refractivity contribution in [3.8, 4) is 0 Å². The molecule has 5 atom stereocenters. The summed E-state index contributed by atoms with van der Waals surface area (Å²) in [7, 11) is -8.95. The van der Waals surface area contributed by atoms with Crippen LogP contribution in [0.15, 0.2) is 60.9 Å². The van der Waals surface area contributed by atoms with E-state index in [1.54, 1.807) is 0 Å². The van der Waals surface area contributed by atoms with Gasteiger partial charge in [0.1, 0.15) is 18.1 Å². The number of ether oxygens (including phenoxy) is 1. The Bertz CT molecular complexity index is 2140. The van der Waals surface area contributed by atoms with E-state index in [9.17, 15) is 24.2 Å². The average molecular weight is 658 g/mol. The number of anilines is 2. The van der Waals surface area contributed by atoms with Crippen LogP contribution in [0.5, 0.6) is 0 Å². The molecule has 2 aromatic heterocycles. The maximum absolute atomic E-state index is 12.3. The highest BCUT2D eigenvalue weighted by Crippen LogP contribution is 2.55. The molecule has 6 N–H and O–H groups in total. The number of aromatic nitrogens is 4. The minimum atomic E-state index is -4.73. The zero-order valence-corrected chi connectivity index (χ0v) is 25.3. The Morgan fingerprint density at radius 1 is 0.909 bits per heavy atom. The number of rotatable bonds is 8. The Morgan fingerprint density at radius 2 is 1.59 bits per heavy atom. The summed E-state index contributed by atoms with van der Waals surface area (Å²) in [5.74, 6) is -0.879. The topological polar surface area (TPSA) is 200 Å². The van der Waals surface area contributed by atoms with Gasteiger partial charge in [-0.25, -0.2) is 4.98 Å². The molecule has 4 aromatic carbocycles. The summed E-state index contributed by atoms with van der Waals surface area (Å²) in [5.41, 5.74) is 1.28. The van der Waals surface area contributed by atoms with E-state index in [0.717, 1.165) is 38.0 Å². The van der Waals surface area contributed by atoms with E-state index in [2.05, 4.69) is 50.6 Å². The lowest BCUT2D eigenvalue weighted by molar-refractivity contribution is -0.0354. The van der Waals surface area contributed by atoms with E-state index < -0.39 is 51.6 Å². The van der Waals surface area contributed by atoms with Gasteiger partial charge in [0, 0.05) is 17.2 Å². The van der Waals surface area contributed by atoms with Crippen molar-refractivity contribution >= 4 is 81.6 Å². The Kier molecular flexibility index (Phi) is 7.17. The predicted molar refractivity (Wildman–Crippen MR) is 166 cm³/mol. The van der Waals surface area contributed by atoms with Crippen molar-refractivity contribution in [2.45, 2.75) is 31.0 Å². The van der Waals surface area contributed by atoms with Crippen molar-refractivity contribution < 1.29 is 38.8 Å². The van der Waals surface area contributed by atoms with Gasteiger partial charge < -0.3 is 34.9 Å². The van der Waals surface area contributed by atoms with Crippen LogP contribution in [0.3, 0.4) is 0 Å². The Hall–Kier alpha value is -3.22. The van der Waals surface area contributed by atoms with E-state index in [4.69, 9.17) is 26.1 Å². The zero-order chi connectivity index (χ0) is 31.0. The smallest absolute Gasteiger partial charge is 0.335 e. The number of imidazole rings is 1. The van der Waals surface area contributed by atoms with Crippen LogP contribution in [-0.2, 0) is 13.9 Å². The second-order valence-corrected chi connectivity index (χ2v) is 15.9. The molecule has 0 aliphatic carbocycles. The van der Waals surface area contributed by atoms with E-state index >= 15 is 0 Å². The first-order valence-electron chi connectivity index (χ1n) is 13.6. The van der Waals surface area contributed by atoms with Crippen molar-refractivity contribution in [2.75, 3.05) is 17.4 Å². The molecule has 0 amide bonds. The van der Waals surface area contributed by atoms with Gasteiger partial charge in [0.05, 0.1) is 12.4 Å². The van der Waals surface area contributed by atoms with Gasteiger partial charge in [0.25, 0.3) is 0 Å². The van der Waals surface area contributed by atoms with E-state index in [1.807, 2.05) is 24.3 Å². The molecule has 6 aromatic rings. The molecule has 3 heterocycles. The minimum Gasteiger partial charge on any atom is -0.388 e. The number of nitrogens with one attached hydrogen (secondary N) is 1. The normalized spacial score (nSPS) is 22.4. The molecule has 1 saturated heterocycles. The predicted octanol–water partition coefficient (Wildman–Crippen LogP) is 4.54. The van der Waals surface area contributed by atoms with Crippen molar-refractivity contribution in [1.29, 1.82) is 0 Å². The highest BCUT2D eigenvalue weighted by molar-refractivity contribution is 7.72. The van der Waals surface area contributed by atoms with Crippen LogP contribution in [0.1, 0.15) is 12.6 Å². The number of hydrogen-bond acceptors (Lipinski definition) is 9. The fourth-order valence-electron chi connectivity index (χ4n) is 6.02. The molecule has 0 spiro atoms. The Morgan fingerprint density at radius 3 is 2.32 bits per heavy atom. The number of aliphatic hydroxyl groups excluding tert-OH is 2. The van der Waals surface area contributed by atoms with Crippen LogP contribution in [0.25, 0.3) is 43.5 Å². The van der Waals surface area contributed by atoms with Crippen LogP contribution in [0, 0.1) is 0 Å². The van der Waals surface area contributed by atoms with Crippen molar-refractivity contribution in [3.05, 3.63) is 66.2 Å². The van der Waals surface area contributed by atoms with Gasteiger partial charge >= 0.3 is 7.60 Å². The third-order valence-corrected chi connectivity index (χ3v) is 12.3. The summed E-state index contributed by atoms with van der Waals surface area (Å²) in [6, 6.07) is 18.4. The summed E-state index contributed by atoms with van der Waals surface area (Å²) in [4.78, 5) is 41.3. The standard InChI is InChI=1S/C28H26ClN5O8P2/c29-28-32-25(31-18-9-7-16-5-4-14-2-1-3-15-6-8-17(18)21(16)20(14)15)22-26(33-28)34(12-30-22)27-24(36)23(35)19(42-27)10-11-43(37,38)13-44(39,40)41/h1-9,12,19,23-24,27,35-36H,10-11,13H2,(H,37,38)(H,31,32,33)(H2,39,40,41). The molecule has 1 aliphatic heterocycles. The SMILES string of the molecule is O=P(O)(O)CP(=O)(O)CCC1OC(n2cnc3c(Nc4ccc5ccc6cccc7ccc4c5c67)nc(Cl)nc32)C(O)C1O. The molecular weight excluding hydrogens is 632 g/mol. The lowest BCUT2D eigenvalue weighted by Gasteiger charge is -2.18. The summed E-state index contributed by atoms with van der Waals surface area (Å²) in [6.45, 7) is 0. The molecule has 13 nitrogen and oxygen atoms in total. The fourth-order valence-corrected chi connectivity index (χ4v) is 9.71. The maximum atomic E-state index is 12.3. The second-order valence-electron chi connectivity index (χ2n) is 11.0. The number of hydrogen-bond donors (Lipinski definition) is 6. The Balaban J connectivity index is 1.21. The van der Waals surface area contributed by atoms with Crippen molar-refractivity contribution in [1.82, 2.24) is 19.5 Å². The van der Waals surface area contributed by atoms with Crippen LogP contribution in [-0.4, -0.2) is 74.8 Å². The van der Waals surface area contributed by atoms with Crippen LogP contribution >= 0.6 is 26.6 Å². The first kappa shape index (κ1) is 29.5. The summed E-state index contributed by atoms with van der Waals surface area (Å²) < 4.78 is 30.7. The molecule has 16 heteroatoms. The second kappa shape index (κ2) is 10.7. The number of halogens is 1. The van der Waals surface area contributed by atoms with Gasteiger partial charge in [-0.05, 0) is 51.0 Å². The third kappa shape index (κ3) is 5.24. The number of aliphatic hydroxyl groups is 2. The fraction of sp³-hybridized carbons (Fsp3) is 0.250. The zero-order valence-electron chi connectivity index (χ0n) is 22.7. The first-order valence-corrected chi connectivity index (χ1v) is 17.8. The van der Waals surface area contributed by atoms with Crippen molar-refractivity contribution in [3.63, 3.8) is 0 Å². The average Bonchev–Trinajstić information content (AvgIpc) is 3.50. The molecule has 0 bridgehead atoms. The molecule has 0 radical (unpaired) electrons. The van der Waals surface area contributed by atoms with Gasteiger partial charge in [-0.1, -0.05) is 48.5 Å². The monoisotopic (exact) mass is 657 g/mol.